The predicted molar refractivity (Wildman–Crippen MR) is 56.3 cm³/mol. The Kier molecular flexibility index (Phi) is 4.13. The zero-order valence-electron chi connectivity index (χ0n) is 9.14. The van der Waals surface area contributed by atoms with Crippen molar-refractivity contribution in [1.29, 1.82) is 0 Å². The number of aromatic hydroxyl groups is 1. The molecule has 5 heteroatoms. The van der Waals surface area contributed by atoms with Crippen LogP contribution in [0.25, 0.3) is 0 Å². The molecule has 0 fully saturated rings. The SMILES string of the molecule is CCOc1cccc(C(O)C(=O)OC)c1O. The van der Waals surface area contributed by atoms with Gasteiger partial charge in [-0.3, -0.25) is 0 Å². The summed E-state index contributed by atoms with van der Waals surface area (Å²) < 4.78 is 9.51. The normalized spacial score (nSPS) is 11.9. The molecular formula is C11H14O5. The summed E-state index contributed by atoms with van der Waals surface area (Å²) in [7, 11) is 1.16. The van der Waals surface area contributed by atoms with Crippen LogP contribution in [-0.4, -0.2) is 29.9 Å². The number of esters is 1. The number of para-hydroxylation sites is 1. The number of methoxy groups -OCH3 is 1. The van der Waals surface area contributed by atoms with E-state index < -0.39 is 12.1 Å². The standard InChI is InChI=1S/C11H14O5/c1-3-16-8-6-4-5-7(9(8)12)10(13)11(14)15-2/h4-6,10,12-13H,3H2,1-2H3. The lowest BCUT2D eigenvalue weighted by Gasteiger charge is -2.13. The van der Waals surface area contributed by atoms with Crippen LogP contribution in [0, 0.1) is 0 Å². The van der Waals surface area contributed by atoms with E-state index in [1.807, 2.05) is 0 Å². The van der Waals surface area contributed by atoms with Crippen LogP contribution in [0.2, 0.25) is 0 Å². The number of benzene rings is 1. The van der Waals surface area contributed by atoms with Crippen molar-refractivity contribution in [3.63, 3.8) is 0 Å². The smallest absolute Gasteiger partial charge is 0.339 e. The highest BCUT2D eigenvalue weighted by molar-refractivity contribution is 5.77. The number of rotatable bonds is 4. The number of ether oxygens (including phenoxy) is 2. The molecule has 0 aliphatic carbocycles. The number of aliphatic hydroxyl groups is 1. The quantitative estimate of drug-likeness (QED) is 0.749. The maximum absolute atomic E-state index is 11.1. The molecule has 0 amide bonds. The van der Waals surface area contributed by atoms with Gasteiger partial charge in [0, 0.05) is 5.56 Å². The van der Waals surface area contributed by atoms with E-state index in [1.165, 1.54) is 6.07 Å². The van der Waals surface area contributed by atoms with Gasteiger partial charge in [-0.2, -0.15) is 0 Å². The molecule has 0 spiro atoms. The molecule has 0 saturated heterocycles. The Morgan fingerprint density at radius 3 is 2.75 bits per heavy atom. The van der Waals surface area contributed by atoms with Gasteiger partial charge in [-0.15, -0.1) is 0 Å². The Bertz CT molecular complexity index is 375. The summed E-state index contributed by atoms with van der Waals surface area (Å²) in [5.41, 5.74) is 0.0674. The maximum atomic E-state index is 11.1. The van der Waals surface area contributed by atoms with Gasteiger partial charge in [-0.25, -0.2) is 4.79 Å². The topological polar surface area (TPSA) is 76.0 Å². The van der Waals surface area contributed by atoms with Gasteiger partial charge in [-0.1, -0.05) is 12.1 Å². The van der Waals surface area contributed by atoms with Crippen molar-refractivity contribution in [2.24, 2.45) is 0 Å². The minimum atomic E-state index is -1.51. The van der Waals surface area contributed by atoms with Crippen LogP contribution in [-0.2, 0) is 9.53 Å². The Balaban J connectivity index is 3.05. The van der Waals surface area contributed by atoms with Gasteiger partial charge in [-0.05, 0) is 13.0 Å². The van der Waals surface area contributed by atoms with Gasteiger partial charge in [0.1, 0.15) is 0 Å². The van der Waals surface area contributed by atoms with Crippen LogP contribution in [0.15, 0.2) is 18.2 Å². The number of phenols is 1. The second-order valence-electron chi connectivity index (χ2n) is 3.05. The monoisotopic (exact) mass is 226 g/mol. The number of hydrogen-bond donors (Lipinski definition) is 2. The molecule has 0 saturated carbocycles. The van der Waals surface area contributed by atoms with Gasteiger partial charge in [0.05, 0.1) is 13.7 Å². The molecule has 1 atom stereocenters. The number of phenolic OH excluding ortho intramolecular Hbond substituents is 1. The molecule has 1 rings (SSSR count). The molecule has 1 aromatic carbocycles. The first-order valence-electron chi connectivity index (χ1n) is 4.82. The lowest BCUT2D eigenvalue weighted by atomic mass is 10.1. The summed E-state index contributed by atoms with van der Waals surface area (Å²) in [5.74, 6) is -0.853. The minimum Gasteiger partial charge on any atom is -0.504 e. The van der Waals surface area contributed by atoms with E-state index in [9.17, 15) is 15.0 Å². The van der Waals surface area contributed by atoms with Crippen LogP contribution >= 0.6 is 0 Å². The van der Waals surface area contributed by atoms with Crippen molar-refractivity contribution >= 4 is 5.97 Å². The summed E-state index contributed by atoms with van der Waals surface area (Å²) in [6, 6.07) is 4.55. The Morgan fingerprint density at radius 2 is 2.19 bits per heavy atom. The molecule has 88 valence electrons. The number of aliphatic hydroxyl groups excluding tert-OH is 1. The third-order valence-corrected chi connectivity index (χ3v) is 2.05. The Morgan fingerprint density at radius 1 is 1.50 bits per heavy atom. The fourth-order valence-corrected chi connectivity index (χ4v) is 1.27. The van der Waals surface area contributed by atoms with Crippen LogP contribution in [0.1, 0.15) is 18.6 Å². The van der Waals surface area contributed by atoms with Crippen LogP contribution in [0.5, 0.6) is 11.5 Å². The largest absolute Gasteiger partial charge is 0.504 e. The van der Waals surface area contributed by atoms with E-state index in [-0.39, 0.29) is 17.1 Å². The average molecular weight is 226 g/mol. The van der Waals surface area contributed by atoms with E-state index in [2.05, 4.69) is 4.74 Å². The zero-order valence-corrected chi connectivity index (χ0v) is 9.14. The first-order valence-corrected chi connectivity index (χ1v) is 4.82. The molecule has 0 aliphatic rings. The molecular weight excluding hydrogens is 212 g/mol. The van der Waals surface area contributed by atoms with Crippen LogP contribution < -0.4 is 4.74 Å². The number of hydrogen-bond acceptors (Lipinski definition) is 5. The first-order chi connectivity index (χ1) is 7.61. The summed E-state index contributed by atoms with van der Waals surface area (Å²) in [5, 5.41) is 19.3. The highest BCUT2D eigenvalue weighted by Gasteiger charge is 2.22. The first kappa shape index (κ1) is 12.3. The van der Waals surface area contributed by atoms with Crippen molar-refractivity contribution in [3.05, 3.63) is 23.8 Å². The fourth-order valence-electron chi connectivity index (χ4n) is 1.27. The van der Waals surface area contributed by atoms with Crippen molar-refractivity contribution in [3.8, 4) is 11.5 Å². The van der Waals surface area contributed by atoms with E-state index in [0.717, 1.165) is 7.11 Å². The number of carbonyl (C=O) groups excluding carboxylic acids is 1. The van der Waals surface area contributed by atoms with E-state index in [0.29, 0.717) is 6.61 Å². The zero-order chi connectivity index (χ0) is 12.1. The average Bonchev–Trinajstić information content (AvgIpc) is 2.30. The molecule has 0 aromatic heterocycles. The van der Waals surface area contributed by atoms with Gasteiger partial charge in [0.25, 0.3) is 0 Å². The molecule has 1 aromatic rings. The van der Waals surface area contributed by atoms with Gasteiger partial charge < -0.3 is 19.7 Å². The van der Waals surface area contributed by atoms with Gasteiger partial charge in [0.15, 0.2) is 17.6 Å². The minimum absolute atomic E-state index is 0.0674. The van der Waals surface area contributed by atoms with Gasteiger partial charge in [0.2, 0.25) is 0 Å². The third kappa shape index (κ3) is 2.43. The maximum Gasteiger partial charge on any atom is 0.339 e. The Labute approximate surface area is 93.2 Å². The second-order valence-corrected chi connectivity index (χ2v) is 3.05. The number of carbonyl (C=O) groups is 1. The lowest BCUT2D eigenvalue weighted by Crippen LogP contribution is -2.13. The summed E-state index contributed by atoms with van der Waals surface area (Å²) >= 11 is 0. The molecule has 1 unspecified atom stereocenters. The van der Waals surface area contributed by atoms with E-state index >= 15 is 0 Å². The molecule has 0 bridgehead atoms. The third-order valence-electron chi connectivity index (χ3n) is 2.05. The van der Waals surface area contributed by atoms with E-state index in [1.54, 1.807) is 19.1 Å². The molecule has 2 N–H and O–H groups in total. The molecule has 0 radical (unpaired) electrons. The highest BCUT2D eigenvalue weighted by Crippen LogP contribution is 2.33. The molecule has 5 nitrogen and oxygen atoms in total. The lowest BCUT2D eigenvalue weighted by molar-refractivity contribution is -0.150. The highest BCUT2D eigenvalue weighted by atomic mass is 16.5. The Hall–Kier alpha value is -1.75. The second kappa shape index (κ2) is 5.37. The summed E-state index contributed by atoms with van der Waals surface area (Å²) in [6.45, 7) is 2.15. The molecule has 16 heavy (non-hydrogen) atoms. The van der Waals surface area contributed by atoms with Crippen molar-refractivity contribution in [1.82, 2.24) is 0 Å². The van der Waals surface area contributed by atoms with E-state index in [4.69, 9.17) is 4.74 Å². The molecule has 0 heterocycles. The summed E-state index contributed by atoms with van der Waals surface area (Å²) in [6.07, 6.45) is -1.51. The van der Waals surface area contributed by atoms with Crippen LogP contribution in [0.3, 0.4) is 0 Å². The van der Waals surface area contributed by atoms with Crippen molar-refractivity contribution in [2.45, 2.75) is 13.0 Å². The predicted octanol–water partition coefficient (Wildman–Crippen LogP) is 0.997. The molecule has 0 aliphatic heterocycles. The van der Waals surface area contributed by atoms with Crippen molar-refractivity contribution in [2.75, 3.05) is 13.7 Å². The van der Waals surface area contributed by atoms with Crippen molar-refractivity contribution < 1.29 is 24.5 Å². The van der Waals surface area contributed by atoms with Crippen LogP contribution in [0.4, 0.5) is 0 Å². The van der Waals surface area contributed by atoms with Gasteiger partial charge >= 0.3 is 5.97 Å². The summed E-state index contributed by atoms with van der Waals surface area (Å²) in [4.78, 5) is 11.1. The fraction of sp³-hybridized carbons (Fsp3) is 0.364.